The first-order chi connectivity index (χ1) is 13.1. The van der Waals surface area contributed by atoms with E-state index in [1.807, 2.05) is 30.3 Å². The number of ether oxygens (including phenoxy) is 2. The van der Waals surface area contributed by atoms with Crippen molar-refractivity contribution in [1.82, 2.24) is 0 Å². The number of hydrogen-bond donors (Lipinski definition) is 1. The standard InChI is InChI=1S/C21H22N2O4/c1-3-12-23-18-14-16(9-10-19(18)27-15(2)21(23)25)22-20(24)11-13-26-17-7-5-4-6-8-17/h3-10,14-15H,1,11-13H2,2H3,(H,22,24). The van der Waals surface area contributed by atoms with E-state index < -0.39 is 6.10 Å². The van der Waals surface area contributed by atoms with Gasteiger partial charge in [-0.3, -0.25) is 9.59 Å². The van der Waals surface area contributed by atoms with Gasteiger partial charge in [-0.25, -0.2) is 0 Å². The molecule has 27 heavy (non-hydrogen) atoms. The van der Waals surface area contributed by atoms with Gasteiger partial charge in [-0.1, -0.05) is 24.3 Å². The molecule has 1 aliphatic rings. The van der Waals surface area contributed by atoms with Crippen LogP contribution in [0.1, 0.15) is 13.3 Å². The Morgan fingerprint density at radius 1 is 1.30 bits per heavy atom. The summed E-state index contributed by atoms with van der Waals surface area (Å²) in [6.07, 6.45) is 1.33. The minimum Gasteiger partial charge on any atom is -0.493 e. The number of rotatable bonds is 7. The number of fused-ring (bicyclic) bond motifs is 1. The predicted molar refractivity (Wildman–Crippen MR) is 104 cm³/mol. The van der Waals surface area contributed by atoms with Gasteiger partial charge in [0.2, 0.25) is 5.91 Å². The first-order valence-corrected chi connectivity index (χ1v) is 8.79. The molecule has 6 heteroatoms. The van der Waals surface area contributed by atoms with Gasteiger partial charge >= 0.3 is 0 Å². The summed E-state index contributed by atoms with van der Waals surface area (Å²) in [6, 6.07) is 14.6. The second kappa shape index (κ2) is 8.40. The zero-order chi connectivity index (χ0) is 19.2. The molecule has 1 unspecified atom stereocenters. The number of carbonyl (C=O) groups is 2. The number of amides is 2. The highest BCUT2D eigenvalue weighted by Gasteiger charge is 2.30. The van der Waals surface area contributed by atoms with Crippen LogP contribution < -0.4 is 19.7 Å². The molecular formula is C21H22N2O4. The Hall–Kier alpha value is -3.28. The number of para-hydroxylation sites is 1. The molecule has 6 nitrogen and oxygen atoms in total. The lowest BCUT2D eigenvalue weighted by Crippen LogP contribution is -2.44. The van der Waals surface area contributed by atoms with Crippen molar-refractivity contribution in [2.75, 3.05) is 23.4 Å². The average Bonchev–Trinajstić information content (AvgIpc) is 2.67. The molecule has 0 bridgehead atoms. The molecular weight excluding hydrogens is 344 g/mol. The van der Waals surface area contributed by atoms with E-state index in [0.717, 1.165) is 5.75 Å². The molecule has 2 aromatic rings. The molecule has 140 valence electrons. The summed E-state index contributed by atoms with van der Waals surface area (Å²) in [4.78, 5) is 26.1. The Morgan fingerprint density at radius 3 is 2.81 bits per heavy atom. The van der Waals surface area contributed by atoms with E-state index >= 15 is 0 Å². The number of carbonyl (C=O) groups excluding carboxylic acids is 2. The molecule has 0 spiro atoms. The maximum atomic E-state index is 12.3. The predicted octanol–water partition coefficient (Wildman–Crippen LogP) is 3.39. The summed E-state index contributed by atoms with van der Waals surface area (Å²) < 4.78 is 11.2. The van der Waals surface area contributed by atoms with Crippen molar-refractivity contribution in [3.8, 4) is 11.5 Å². The molecule has 3 rings (SSSR count). The van der Waals surface area contributed by atoms with Gasteiger partial charge in [0.1, 0.15) is 11.5 Å². The molecule has 0 saturated carbocycles. The number of nitrogens with one attached hydrogen (secondary N) is 1. The highest BCUT2D eigenvalue weighted by Crippen LogP contribution is 2.36. The lowest BCUT2D eigenvalue weighted by atomic mass is 10.1. The second-order valence-electron chi connectivity index (χ2n) is 6.14. The minimum absolute atomic E-state index is 0.137. The Balaban J connectivity index is 1.63. The van der Waals surface area contributed by atoms with Crippen LogP contribution in [0, 0.1) is 0 Å². The van der Waals surface area contributed by atoms with Gasteiger partial charge in [0.25, 0.3) is 5.91 Å². The van der Waals surface area contributed by atoms with Crippen LogP contribution in [0.15, 0.2) is 61.2 Å². The molecule has 0 saturated heterocycles. The molecule has 0 aliphatic carbocycles. The summed E-state index contributed by atoms with van der Waals surface area (Å²) in [5, 5.41) is 2.83. The molecule has 1 aliphatic heterocycles. The first-order valence-electron chi connectivity index (χ1n) is 8.79. The monoisotopic (exact) mass is 366 g/mol. The summed E-state index contributed by atoms with van der Waals surface area (Å²) >= 11 is 0. The third-order valence-electron chi connectivity index (χ3n) is 4.10. The molecule has 2 aromatic carbocycles. The zero-order valence-electron chi connectivity index (χ0n) is 15.2. The van der Waals surface area contributed by atoms with Crippen LogP contribution in [0.2, 0.25) is 0 Å². The summed E-state index contributed by atoms with van der Waals surface area (Å²) in [5.74, 6) is 1.03. The summed E-state index contributed by atoms with van der Waals surface area (Å²) in [7, 11) is 0. The van der Waals surface area contributed by atoms with Crippen LogP contribution in [-0.2, 0) is 9.59 Å². The van der Waals surface area contributed by atoms with Crippen LogP contribution in [0.5, 0.6) is 11.5 Å². The highest BCUT2D eigenvalue weighted by molar-refractivity contribution is 6.01. The fourth-order valence-corrected chi connectivity index (χ4v) is 2.80. The van der Waals surface area contributed by atoms with Crippen LogP contribution in [0.4, 0.5) is 11.4 Å². The van der Waals surface area contributed by atoms with E-state index in [9.17, 15) is 9.59 Å². The SMILES string of the molecule is C=CCN1C(=O)C(C)Oc2ccc(NC(=O)CCOc3ccccc3)cc21. The molecule has 0 aromatic heterocycles. The largest absolute Gasteiger partial charge is 0.493 e. The van der Waals surface area contributed by atoms with Crippen molar-refractivity contribution >= 4 is 23.2 Å². The van der Waals surface area contributed by atoms with E-state index in [2.05, 4.69) is 11.9 Å². The molecule has 2 amide bonds. The van der Waals surface area contributed by atoms with Crippen LogP contribution in [0.3, 0.4) is 0 Å². The van der Waals surface area contributed by atoms with E-state index in [4.69, 9.17) is 9.47 Å². The maximum absolute atomic E-state index is 12.3. The van der Waals surface area contributed by atoms with E-state index in [-0.39, 0.29) is 24.8 Å². The summed E-state index contributed by atoms with van der Waals surface area (Å²) in [6.45, 7) is 6.07. The fraction of sp³-hybridized carbons (Fsp3) is 0.238. The Bertz CT molecular complexity index is 835. The van der Waals surface area contributed by atoms with Crippen molar-refractivity contribution in [3.63, 3.8) is 0 Å². The van der Waals surface area contributed by atoms with Crippen molar-refractivity contribution in [1.29, 1.82) is 0 Å². The first kappa shape index (κ1) is 18.5. The quantitative estimate of drug-likeness (QED) is 0.763. The van der Waals surface area contributed by atoms with Gasteiger partial charge in [0, 0.05) is 12.2 Å². The fourth-order valence-electron chi connectivity index (χ4n) is 2.80. The van der Waals surface area contributed by atoms with Gasteiger partial charge in [-0.05, 0) is 37.3 Å². The van der Waals surface area contributed by atoms with Crippen molar-refractivity contribution in [3.05, 3.63) is 61.2 Å². The zero-order valence-corrected chi connectivity index (χ0v) is 15.2. The van der Waals surface area contributed by atoms with Gasteiger partial charge < -0.3 is 19.7 Å². The molecule has 0 fully saturated rings. The van der Waals surface area contributed by atoms with Gasteiger partial charge in [-0.2, -0.15) is 0 Å². The van der Waals surface area contributed by atoms with Gasteiger partial charge in [-0.15, -0.1) is 6.58 Å². The van der Waals surface area contributed by atoms with Gasteiger partial charge in [0.15, 0.2) is 6.10 Å². The number of nitrogens with zero attached hydrogens (tertiary/aromatic N) is 1. The maximum Gasteiger partial charge on any atom is 0.268 e. The number of hydrogen-bond acceptors (Lipinski definition) is 4. The van der Waals surface area contributed by atoms with Gasteiger partial charge in [0.05, 0.1) is 18.7 Å². The molecule has 1 atom stereocenters. The Kier molecular flexibility index (Phi) is 5.76. The normalized spacial score (nSPS) is 15.5. The van der Waals surface area contributed by atoms with Crippen LogP contribution in [-0.4, -0.2) is 31.1 Å². The van der Waals surface area contributed by atoms with Crippen LogP contribution >= 0.6 is 0 Å². The third-order valence-corrected chi connectivity index (χ3v) is 4.10. The molecule has 0 radical (unpaired) electrons. The highest BCUT2D eigenvalue weighted by atomic mass is 16.5. The third kappa shape index (κ3) is 4.47. The van der Waals surface area contributed by atoms with E-state index in [1.54, 1.807) is 36.1 Å². The topological polar surface area (TPSA) is 67.9 Å². The van der Waals surface area contributed by atoms with E-state index in [1.165, 1.54) is 0 Å². The van der Waals surface area contributed by atoms with Crippen LogP contribution in [0.25, 0.3) is 0 Å². The Labute approximate surface area is 158 Å². The molecule has 1 N–H and O–H groups in total. The minimum atomic E-state index is -0.548. The van der Waals surface area contributed by atoms with E-state index in [0.29, 0.717) is 23.7 Å². The smallest absolute Gasteiger partial charge is 0.268 e. The van der Waals surface area contributed by atoms with Crippen molar-refractivity contribution in [2.24, 2.45) is 0 Å². The van der Waals surface area contributed by atoms with Crippen molar-refractivity contribution in [2.45, 2.75) is 19.4 Å². The van der Waals surface area contributed by atoms with Crippen molar-refractivity contribution < 1.29 is 19.1 Å². The summed E-state index contributed by atoms with van der Waals surface area (Å²) in [5.41, 5.74) is 1.22. The number of anilines is 2. The average molecular weight is 366 g/mol. The lowest BCUT2D eigenvalue weighted by molar-refractivity contribution is -0.125. The number of benzene rings is 2. The second-order valence-corrected chi connectivity index (χ2v) is 6.14. The lowest BCUT2D eigenvalue weighted by Gasteiger charge is -2.32. The molecule has 1 heterocycles. The Morgan fingerprint density at radius 2 is 2.07 bits per heavy atom.